The summed E-state index contributed by atoms with van der Waals surface area (Å²) in [6.45, 7) is 0.858. The fraction of sp³-hybridized carbons (Fsp3) is 0.200. The SMILES string of the molecule is COc1cccc(Cc2nn(-c3cccc(C(=O)O)c3)c3c2CCN3)c1. The van der Waals surface area contributed by atoms with Gasteiger partial charge in [0.15, 0.2) is 0 Å². The van der Waals surface area contributed by atoms with Gasteiger partial charge in [0.1, 0.15) is 11.6 Å². The zero-order chi connectivity index (χ0) is 18.1. The van der Waals surface area contributed by atoms with Crippen LogP contribution in [0.5, 0.6) is 5.75 Å². The molecular weight excluding hydrogens is 330 g/mol. The molecule has 0 radical (unpaired) electrons. The highest BCUT2D eigenvalue weighted by molar-refractivity contribution is 5.88. The van der Waals surface area contributed by atoms with Crippen LogP contribution in [-0.2, 0) is 12.8 Å². The smallest absolute Gasteiger partial charge is 0.335 e. The van der Waals surface area contributed by atoms with E-state index in [0.717, 1.165) is 41.5 Å². The molecule has 0 saturated carbocycles. The number of rotatable bonds is 5. The van der Waals surface area contributed by atoms with Crippen LogP contribution in [0.2, 0.25) is 0 Å². The van der Waals surface area contributed by atoms with Crippen LogP contribution >= 0.6 is 0 Å². The fourth-order valence-electron chi connectivity index (χ4n) is 3.32. The molecule has 0 fully saturated rings. The Labute approximate surface area is 151 Å². The molecule has 2 heterocycles. The van der Waals surface area contributed by atoms with E-state index in [9.17, 15) is 9.90 Å². The molecule has 26 heavy (non-hydrogen) atoms. The molecule has 6 nitrogen and oxygen atoms in total. The van der Waals surface area contributed by atoms with Crippen molar-refractivity contribution in [2.45, 2.75) is 12.8 Å². The Morgan fingerprint density at radius 3 is 2.92 bits per heavy atom. The van der Waals surface area contributed by atoms with Gasteiger partial charge in [-0.2, -0.15) is 5.10 Å². The maximum Gasteiger partial charge on any atom is 0.335 e. The van der Waals surface area contributed by atoms with Gasteiger partial charge in [-0.1, -0.05) is 18.2 Å². The van der Waals surface area contributed by atoms with Crippen molar-refractivity contribution in [1.82, 2.24) is 9.78 Å². The molecule has 3 aromatic rings. The highest BCUT2D eigenvalue weighted by atomic mass is 16.5. The fourth-order valence-corrected chi connectivity index (χ4v) is 3.32. The summed E-state index contributed by atoms with van der Waals surface area (Å²) in [5.74, 6) is 0.830. The molecule has 0 bridgehead atoms. The zero-order valence-corrected chi connectivity index (χ0v) is 14.4. The summed E-state index contributed by atoms with van der Waals surface area (Å²) in [4.78, 5) is 11.3. The highest BCUT2D eigenvalue weighted by Crippen LogP contribution is 2.30. The molecule has 2 N–H and O–H groups in total. The number of methoxy groups -OCH3 is 1. The van der Waals surface area contributed by atoms with Gasteiger partial charge >= 0.3 is 5.97 Å². The van der Waals surface area contributed by atoms with E-state index in [-0.39, 0.29) is 5.56 Å². The number of fused-ring (bicyclic) bond motifs is 1. The third kappa shape index (κ3) is 2.90. The van der Waals surface area contributed by atoms with Crippen LogP contribution in [0.4, 0.5) is 5.82 Å². The van der Waals surface area contributed by atoms with Crippen LogP contribution < -0.4 is 10.1 Å². The van der Waals surface area contributed by atoms with Gasteiger partial charge in [0.05, 0.1) is 24.1 Å². The average molecular weight is 349 g/mol. The van der Waals surface area contributed by atoms with Crippen molar-refractivity contribution in [1.29, 1.82) is 0 Å². The molecule has 0 amide bonds. The number of aromatic carboxylic acids is 1. The molecule has 0 saturated heterocycles. The van der Waals surface area contributed by atoms with E-state index in [1.165, 1.54) is 5.56 Å². The standard InChI is InChI=1S/C20H19N3O3/c1-26-16-7-2-4-13(10-16)11-18-17-8-9-21-19(17)23(22-18)15-6-3-5-14(12-15)20(24)25/h2-7,10,12,21H,8-9,11H2,1H3,(H,24,25). The van der Waals surface area contributed by atoms with Crippen LogP contribution in [0.1, 0.15) is 27.2 Å². The van der Waals surface area contributed by atoms with Gasteiger partial charge in [-0.15, -0.1) is 0 Å². The number of anilines is 1. The first-order chi connectivity index (χ1) is 12.7. The quantitative estimate of drug-likeness (QED) is 0.740. The second-order valence-corrected chi connectivity index (χ2v) is 6.25. The van der Waals surface area contributed by atoms with Crippen LogP contribution in [0, 0.1) is 0 Å². The molecule has 1 aliphatic heterocycles. The topological polar surface area (TPSA) is 76.4 Å². The van der Waals surface area contributed by atoms with Crippen molar-refractivity contribution in [3.63, 3.8) is 0 Å². The van der Waals surface area contributed by atoms with E-state index in [4.69, 9.17) is 9.84 Å². The molecule has 0 aliphatic carbocycles. The second kappa shape index (κ2) is 6.55. The number of nitrogens with one attached hydrogen (secondary N) is 1. The number of carboxylic acids is 1. The van der Waals surface area contributed by atoms with Gasteiger partial charge in [-0.3, -0.25) is 0 Å². The predicted molar refractivity (Wildman–Crippen MR) is 98.5 cm³/mol. The van der Waals surface area contributed by atoms with Gasteiger partial charge in [0, 0.05) is 18.5 Å². The van der Waals surface area contributed by atoms with Gasteiger partial charge in [-0.05, 0) is 42.3 Å². The molecule has 1 aliphatic rings. The van der Waals surface area contributed by atoms with Crippen LogP contribution in [-0.4, -0.2) is 34.5 Å². The lowest BCUT2D eigenvalue weighted by Gasteiger charge is -2.07. The maximum absolute atomic E-state index is 11.3. The molecule has 4 rings (SSSR count). The minimum Gasteiger partial charge on any atom is -0.497 e. The van der Waals surface area contributed by atoms with E-state index in [1.54, 1.807) is 25.3 Å². The first-order valence-electron chi connectivity index (χ1n) is 8.47. The first kappa shape index (κ1) is 16.2. The normalized spacial score (nSPS) is 12.5. The van der Waals surface area contributed by atoms with Crippen molar-refractivity contribution in [2.75, 3.05) is 19.0 Å². The van der Waals surface area contributed by atoms with E-state index in [1.807, 2.05) is 28.9 Å². The molecule has 0 unspecified atom stereocenters. The van der Waals surface area contributed by atoms with E-state index in [0.29, 0.717) is 6.42 Å². The number of nitrogens with zero attached hydrogens (tertiary/aromatic N) is 2. The number of aromatic nitrogens is 2. The Hall–Kier alpha value is -3.28. The van der Waals surface area contributed by atoms with Crippen LogP contribution in [0.3, 0.4) is 0 Å². The third-order valence-electron chi connectivity index (χ3n) is 4.58. The average Bonchev–Trinajstić information content (AvgIpc) is 3.26. The minimum atomic E-state index is -0.944. The Morgan fingerprint density at radius 1 is 1.27 bits per heavy atom. The number of carbonyl (C=O) groups is 1. The lowest BCUT2D eigenvalue weighted by molar-refractivity contribution is 0.0697. The summed E-state index contributed by atoms with van der Waals surface area (Å²) in [6.07, 6.45) is 1.61. The number of benzene rings is 2. The van der Waals surface area contributed by atoms with Gasteiger partial charge in [0.2, 0.25) is 0 Å². The predicted octanol–water partition coefficient (Wildman–Crippen LogP) is 3.14. The molecular formula is C20H19N3O3. The molecule has 0 atom stereocenters. The highest BCUT2D eigenvalue weighted by Gasteiger charge is 2.23. The lowest BCUT2D eigenvalue weighted by atomic mass is 10.1. The van der Waals surface area contributed by atoms with Gasteiger partial charge in [0.25, 0.3) is 0 Å². The first-order valence-corrected chi connectivity index (χ1v) is 8.47. The summed E-state index contributed by atoms with van der Waals surface area (Å²) >= 11 is 0. The third-order valence-corrected chi connectivity index (χ3v) is 4.58. The van der Waals surface area contributed by atoms with Gasteiger partial charge in [-0.25, -0.2) is 9.48 Å². The van der Waals surface area contributed by atoms with Gasteiger partial charge < -0.3 is 15.2 Å². The van der Waals surface area contributed by atoms with Crippen LogP contribution in [0.25, 0.3) is 5.69 Å². The molecule has 6 heteroatoms. The number of hydrogen-bond acceptors (Lipinski definition) is 4. The second-order valence-electron chi connectivity index (χ2n) is 6.25. The summed E-state index contributed by atoms with van der Waals surface area (Å²) in [5.41, 5.74) is 4.31. The van der Waals surface area contributed by atoms with Crippen molar-refractivity contribution >= 4 is 11.8 Å². The maximum atomic E-state index is 11.3. The lowest BCUT2D eigenvalue weighted by Crippen LogP contribution is -2.06. The Kier molecular flexibility index (Phi) is 4.08. The largest absolute Gasteiger partial charge is 0.497 e. The zero-order valence-electron chi connectivity index (χ0n) is 14.4. The Balaban J connectivity index is 1.73. The summed E-state index contributed by atoms with van der Waals surface area (Å²) < 4.78 is 7.11. The Morgan fingerprint density at radius 2 is 2.12 bits per heavy atom. The van der Waals surface area contributed by atoms with Crippen LogP contribution in [0.15, 0.2) is 48.5 Å². The Bertz CT molecular complexity index is 978. The monoisotopic (exact) mass is 349 g/mol. The van der Waals surface area contributed by atoms with Crippen molar-refractivity contribution in [2.24, 2.45) is 0 Å². The van der Waals surface area contributed by atoms with E-state index >= 15 is 0 Å². The minimum absolute atomic E-state index is 0.249. The summed E-state index contributed by atoms with van der Waals surface area (Å²) in [5, 5.41) is 17.4. The molecule has 0 spiro atoms. The van der Waals surface area contributed by atoms with Crippen molar-refractivity contribution < 1.29 is 14.6 Å². The molecule has 132 valence electrons. The van der Waals surface area contributed by atoms with E-state index < -0.39 is 5.97 Å². The number of hydrogen-bond donors (Lipinski definition) is 2. The molecule has 2 aromatic carbocycles. The molecule has 1 aromatic heterocycles. The summed E-state index contributed by atoms with van der Waals surface area (Å²) in [6, 6.07) is 14.8. The number of carboxylic acid groups (broad SMARTS) is 1. The number of ether oxygens (including phenoxy) is 1. The summed E-state index contributed by atoms with van der Waals surface area (Å²) in [7, 11) is 1.66. The van der Waals surface area contributed by atoms with E-state index in [2.05, 4.69) is 11.4 Å². The van der Waals surface area contributed by atoms with Crippen molar-refractivity contribution in [3.05, 3.63) is 70.9 Å². The van der Waals surface area contributed by atoms with Crippen molar-refractivity contribution in [3.8, 4) is 11.4 Å².